The van der Waals surface area contributed by atoms with Crippen LogP contribution in [-0.4, -0.2) is 80.9 Å². The smallest absolute Gasteiger partial charge is 0.264 e. The number of carbonyl (C=O) groups excluding carboxylic acids is 1. The van der Waals surface area contributed by atoms with Crippen LogP contribution in [0.3, 0.4) is 0 Å². The van der Waals surface area contributed by atoms with E-state index < -0.39 is 16.1 Å². The highest BCUT2D eigenvalue weighted by atomic mass is 32.2. The lowest BCUT2D eigenvalue weighted by Gasteiger charge is -2.34. The average molecular weight is 422 g/mol. The van der Waals surface area contributed by atoms with Crippen LogP contribution >= 0.6 is 0 Å². The van der Waals surface area contributed by atoms with Gasteiger partial charge in [0.15, 0.2) is 6.10 Å². The van der Waals surface area contributed by atoms with E-state index in [1.165, 1.54) is 0 Å². The lowest BCUT2D eigenvalue weighted by molar-refractivity contribution is -0.140. The highest BCUT2D eigenvalue weighted by Crippen LogP contribution is 2.40. The maximum Gasteiger partial charge on any atom is 0.264 e. The first-order valence-corrected chi connectivity index (χ1v) is 12.1. The Labute approximate surface area is 173 Å². The molecule has 3 aliphatic rings. The summed E-state index contributed by atoms with van der Waals surface area (Å²) < 4.78 is 33.9. The molecule has 7 nitrogen and oxygen atoms in total. The molecule has 1 aromatic rings. The van der Waals surface area contributed by atoms with Gasteiger partial charge < -0.3 is 14.5 Å². The average Bonchev–Trinajstić information content (AvgIpc) is 2.89. The Morgan fingerprint density at radius 3 is 2.31 bits per heavy atom. The van der Waals surface area contributed by atoms with E-state index in [9.17, 15) is 13.2 Å². The molecule has 8 heteroatoms. The van der Waals surface area contributed by atoms with E-state index in [1.54, 1.807) is 22.5 Å². The molecule has 160 valence electrons. The van der Waals surface area contributed by atoms with Gasteiger partial charge in [0.05, 0.1) is 4.90 Å². The molecule has 0 aromatic heterocycles. The summed E-state index contributed by atoms with van der Waals surface area (Å²) in [6.07, 6.45) is 3.40. The predicted molar refractivity (Wildman–Crippen MR) is 111 cm³/mol. The molecular formula is C21H31N3O4S. The summed E-state index contributed by atoms with van der Waals surface area (Å²) >= 11 is 0. The Bertz CT molecular complexity index is 857. The number of carbonyl (C=O) groups is 1. The molecule has 0 bridgehead atoms. The SMILES string of the molecule is CC1c2cc(S(=O)(=O)N3CCCCCC3)ccc2OC1C(=O)N1CCN(C)CC1. The van der Waals surface area contributed by atoms with Crippen molar-refractivity contribution in [1.82, 2.24) is 14.1 Å². The monoisotopic (exact) mass is 421 g/mol. The lowest BCUT2D eigenvalue weighted by Crippen LogP contribution is -2.51. The quantitative estimate of drug-likeness (QED) is 0.745. The zero-order chi connectivity index (χ0) is 20.6. The topological polar surface area (TPSA) is 70.2 Å². The third-order valence-corrected chi connectivity index (χ3v) is 8.34. The van der Waals surface area contributed by atoms with Gasteiger partial charge in [-0.25, -0.2) is 8.42 Å². The van der Waals surface area contributed by atoms with Gasteiger partial charge >= 0.3 is 0 Å². The van der Waals surface area contributed by atoms with Crippen molar-refractivity contribution in [3.05, 3.63) is 23.8 Å². The standard InChI is InChI=1S/C21H31N3O4S/c1-16-18-15-17(29(26,27)24-9-5-3-4-6-10-24)7-8-19(18)28-20(16)21(25)23-13-11-22(2)12-14-23/h7-8,15-16,20H,3-6,9-14H2,1-2H3. The highest BCUT2D eigenvalue weighted by Gasteiger charge is 2.40. The van der Waals surface area contributed by atoms with Gasteiger partial charge in [-0.05, 0) is 38.1 Å². The van der Waals surface area contributed by atoms with Gasteiger partial charge in [-0.1, -0.05) is 19.8 Å². The molecule has 1 amide bonds. The van der Waals surface area contributed by atoms with E-state index in [-0.39, 0.29) is 11.8 Å². The second-order valence-electron chi connectivity index (χ2n) is 8.47. The van der Waals surface area contributed by atoms with Crippen molar-refractivity contribution in [2.75, 3.05) is 46.3 Å². The number of hydrogen-bond acceptors (Lipinski definition) is 5. The van der Waals surface area contributed by atoms with Gasteiger partial charge in [-0.3, -0.25) is 4.79 Å². The number of benzene rings is 1. The van der Waals surface area contributed by atoms with Gasteiger partial charge in [0, 0.05) is 50.7 Å². The van der Waals surface area contributed by atoms with Crippen molar-refractivity contribution in [3.8, 4) is 5.75 Å². The van der Waals surface area contributed by atoms with Crippen molar-refractivity contribution >= 4 is 15.9 Å². The summed E-state index contributed by atoms with van der Waals surface area (Å²) in [4.78, 5) is 17.4. The molecule has 0 saturated carbocycles. The predicted octanol–water partition coefficient (Wildman–Crippen LogP) is 1.89. The Morgan fingerprint density at radius 1 is 1.00 bits per heavy atom. The molecule has 1 aromatic carbocycles. The Balaban J connectivity index is 1.53. The Kier molecular flexibility index (Phi) is 5.86. The van der Waals surface area contributed by atoms with Crippen LogP contribution in [-0.2, 0) is 14.8 Å². The van der Waals surface area contributed by atoms with Crippen LogP contribution in [0.1, 0.15) is 44.1 Å². The minimum Gasteiger partial charge on any atom is -0.480 e. The van der Waals surface area contributed by atoms with Gasteiger partial charge in [-0.2, -0.15) is 4.31 Å². The van der Waals surface area contributed by atoms with Gasteiger partial charge in [-0.15, -0.1) is 0 Å². The first-order valence-electron chi connectivity index (χ1n) is 10.7. The molecule has 2 fully saturated rings. The molecular weight excluding hydrogens is 390 g/mol. The van der Waals surface area contributed by atoms with Gasteiger partial charge in [0.2, 0.25) is 10.0 Å². The lowest BCUT2D eigenvalue weighted by atomic mass is 9.96. The zero-order valence-electron chi connectivity index (χ0n) is 17.3. The van der Waals surface area contributed by atoms with Crippen LogP contribution < -0.4 is 4.74 Å². The van der Waals surface area contributed by atoms with Crippen LogP contribution in [0.4, 0.5) is 0 Å². The number of amides is 1. The number of piperazine rings is 1. The fourth-order valence-electron chi connectivity index (χ4n) is 4.45. The van der Waals surface area contributed by atoms with Crippen LogP contribution in [0, 0.1) is 0 Å². The van der Waals surface area contributed by atoms with E-state index in [2.05, 4.69) is 11.9 Å². The third-order valence-electron chi connectivity index (χ3n) is 6.44. The van der Waals surface area contributed by atoms with Gasteiger partial charge in [0.25, 0.3) is 5.91 Å². The Morgan fingerprint density at radius 2 is 1.66 bits per heavy atom. The Hall–Kier alpha value is -1.64. The number of ether oxygens (including phenoxy) is 1. The molecule has 0 aliphatic carbocycles. The van der Waals surface area contributed by atoms with Crippen LogP contribution in [0.2, 0.25) is 0 Å². The maximum atomic E-state index is 13.1. The number of nitrogens with zero attached hydrogens (tertiary/aromatic N) is 3. The summed E-state index contributed by atoms with van der Waals surface area (Å²) in [5, 5.41) is 0. The number of hydrogen-bond donors (Lipinski definition) is 0. The largest absolute Gasteiger partial charge is 0.480 e. The van der Waals surface area contributed by atoms with Crippen molar-refractivity contribution in [3.63, 3.8) is 0 Å². The van der Waals surface area contributed by atoms with Crippen LogP contribution in [0.5, 0.6) is 5.75 Å². The summed E-state index contributed by atoms with van der Waals surface area (Å²) in [7, 11) is -1.46. The fraction of sp³-hybridized carbons (Fsp3) is 0.667. The van der Waals surface area contributed by atoms with E-state index >= 15 is 0 Å². The maximum absolute atomic E-state index is 13.1. The number of rotatable bonds is 3. The van der Waals surface area contributed by atoms with Crippen molar-refractivity contribution < 1.29 is 17.9 Å². The molecule has 0 spiro atoms. The summed E-state index contributed by atoms with van der Waals surface area (Å²) in [6.45, 7) is 6.23. The van der Waals surface area contributed by atoms with Gasteiger partial charge in [0.1, 0.15) is 5.75 Å². The summed E-state index contributed by atoms with van der Waals surface area (Å²) in [6, 6.07) is 5.06. The first-order chi connectivity index (χ1) is 13.9. The number of sulfonamides is 1. The van der Waals surface area contributed by atoms with Crippen molar-refractivity contribution in [2.24, 2.45) is 0 Å². The molecule has 0 radical (unpaired) electrons. The second-order valence-corrected chi connectivity index (χ2v) is 10.4. The fourth-order valence-corrected chi connectivity index (χ4v) is 6.01. The van der Waals surface area contributed by atoms with E-state index in [1.807, 2.05) is 11.8 Å². The van der Waals surface area contributed by atoms with Crippen molar-refractivity contribution in [2.45, 2.75) is 49.5 Å². The number of likely N-dealkylation sites (N-methyl/N-ethyl adjacent to an activating group) is 1. The molecule has 2 atom stereocenters. The first kappa shape index (κ1) is 20.6. The molecule has 3 aliphatic heterocycles. The van der Waals surface area contributed by atoms with Crippen LogP contribution in [0.15, 0.2) is 23.1 Å². The summed E-state index contributed by atoms with van der Waals surface area (Å²) in [5.41, 5.74) is 0.813. The van der Waals surface area contributed by atoms with Crippen LogP contribution in [0.25, 0.3) is 0 Å². The molecule has 2 saturated heterocycles. The molecule has 29 heavy (non-hydrogen) atoms. The van der Waals surface area contributed by atoms with Crippen molar-refractivity contribution in [1.29, 1.82) is 0 Å². The minimum atomic E-state index is -3.52. The van der Waals surface area contributed by atoms with E-state index in [0.717, 1.165) is 44.3 Å². The minimum absolute atomic E-state index is 0.00118. The molecule has 4 rings (SSSR count). The second kappa shape index (κ2) is 8.24. The third kappa shape index (κ3) is 4.02. The molecule has 0 N–H and O–H groups in total. The highest BCUT2D eigenvalue weighted by molar-refractivity contribution is 7.89. The normalized spacial score (nSPS) is 26.6. The zero-order valence-corrected chi connectivity index (χ0v) is 18.2. The van der Waals surface area contributed by atoms with E-state index in [0.29, 0.717) is 36.8 Å². The number of fused-ring (bicyclic) bond motifs is 1. The van der Waals surface area contributed by atoms with E-state index in [4.69, 9.17) is 4.74 Å². The molecule has 2 unspecified atom stereocenters. The molecule has 3 heterocycles. The summed E-state index contributed by atoms with van der Waals surface area (Å²) in [5.74, 6) is 0.454.